The number of nitrogens with two attached hydrogens (primary N) is 1. The highest BCUT2D eigenvalue weighted by Gasteiger charge is 2.85. The zero-order chi connectivity index (χ0) is 32.2. The van der Waals surface area contributed by atoms with Gasteiger partial charge in [-0.15, -0.1) is 0 Å². The summed E-state index contributed by atoms with van der Waals surface area (Å²) >= 11 is 0. The molecule has 5 rings (SSSR count). The molecule has 240 valence electrons. The summed E-state index contributed by atoms with van der Waals surface area (Å²) in [6, 6.07) is 2.29. The van der Waals surface area contributed by atoms with E-state index in [0.29, 0.717) is 30.9 Å². The summed E-state index contributed by atoms with van der Waals surface area (Å²) < 4.78 is 0. The standard InChI is InChI=1S/C35H49N3O6/c1-32(2,3)25(17-24(39)15-22-10-11-28(41)37-19-22)31(44)38-20-35(33(4,5)34(35)12-7-13-34)18-26(38)27(40)16-23(29(42)30(36)43)14-21-8-6-9-21/h10-11,19,21,23,25-26H,6-9,12-18,20H2,1-5H3,(H2,36,43)(H,37,41)/t23?,25-,26+,35-/m1/s1. The number of aromatic nitrogens is 1. The summed E-state index contributed by atoms with van der Waals surface area (Å²) in [5, 5.41) is 0. The molecule has 0 bridgehead atoms. The molecule has 0 aromatic carbocycles. The number of likely N-dealkylation sites (tertiary alicyclic amines) is 1. The maximum absolute atomic E-state index is 14.6. The molecular weight excluding hydrogens is 558 g/mol. The number of pyridine rings is 1. The number of ketones is 3. The third-order valence-electron chi connectivity index (χ3n) is 12.4. The summed E-state index contributed by atoms with van der Waals surface area (Å²) in [5.41, 5.74) is 5.16. The van der Waals surface area contributed by atoms with Crippen molar-refractivity contribution >= 4 is 29.2 Å². The largest absolute Gasteiger partial charge is 0.363 e. The van der Waals surface area contributed by atoms with Gasteiger partial charge in [-0.25, -0.2) is 0 Å². The second kappa shape index (κ2) is 11.4. The quantitative estimate of drug-likeness (QED) is 0.341. The van der Waals surface area contributed by atoms with E-state index < -0.39 is 35.0 Å². The average Bonchev–Trinajstić information content (AvgIpc) is 3.12. The lowest BCUT2D eigenvalue weighted by atomic mass is 9.73. The van der Waals surface area contributed by atoms with Crippen molar-refractivity contribution in [1.82, 2.24) is 9.88 Å². The van der Waals surface area contributed by atoms with Crippen molar-refractivity contribution in [2.45, 2.75) is 111 Å². The Hall–Kier alpha value is -3.10. The number of fused-ring (bicyclic) bond motifs is 1. The first kappa shape index (κ1) is 32.3. The van der Waals surface area contributed by atoms with E-state index in [9.17, 15) is 28.8 Å². The molecule has 4 aliphatic rings. The normalized spacial score (nSPS) is 26.5. The van der Waals surface area contributed by atoms with Gasteiger partial charge in [-0.3, -0.25) is 28.8 Å². The van der Waals surface area contributed by atoms with E-state index in [4.69, 9.17) is 5.73 Å². The van der Waals surface area contributed by atoms with Crippen molar-refractivity contribution in [2.75, 3.05) is 6.54 Å². The van der Waals surface area contributed by atoms with Gasteiger partial charge >= 0.3 is 0 Å². The number of rotatable bonds is 12. The Labute approximate surface area is 260 Å². The van der Waals surface area contributed by atoms with Gasteiger partial charge in [-0.05, 0) is 53.4 Å². The fraction of sp³-hybridized carbons (Fsp3) is 0.714. The summed E-state index contributed by atoms with van der Waals surface area (Å²) in [6.07, 6.45) is 8.88. The van der Waals surface area contributed by atoms with Gasteiger partial charge in [-0.2, -0.15) is 0 Å². The maximum Gasteiger partial charge on any atom is 0.285 e. The van der Waals surface area contributed by atoms with Gasteiger partial charge in [0.1, 0.15) is 5.78 Å². The Morgan fingerprint density at radius 2 is 1.70 bits per heavy atom. The molecule has 9 heteroatoms. The monoisotopic (exact) mass is 607 g/mol. The number of H-pyrrole nitrogens is 1. The molecule has 1 aliphatic heterocycles. The number of carbonyl (C=O) groups excluding carboxylic acids is 5. The summed E-state index contributed by atoms with van der Waals surface area (Å²) in [6.45, 7) is 10.8. The third kappa shape index (κ3) is 5.38. The number of hydrogen-bond acceptors (Lipinski definition) is 6. The van der Waals surface area contributed by atoms with Crippen LogP contribution in [0.25, 0.3) is 0 Å². The van der Waals surface area contributed by atoms with Crippen LogP contribution in [0.2, 0.25) is 0 Å². The number of amides is 2. The zero-order valence-corrected chi connectivity index (χ0v) is 27.0. The van der Waals surface area contributed by atoms with Crippen LogP contribution in [-0.2, 0) is 30.4 Å². The fourth-order valence-corrected chi connectivity index (χ4v) is 9.16. The van der Waals surface area contributed by atoms with E-state index in [0.717, 1.165) is 38.5 Å². The van der Waals surface area contributed by atoms with Crippen LogP contribution in [-0.4, -0.2) is 51.6 Å². The molecule has 1 aromatic rings. The first-order valence-electron chi connectivity index (χ1n) is 16.4. The van der Waals surface area contributed by atoms with E-state index in [2.05, 4.69) is 18.8 Å². The van der Waals surface area contributed by atoms with Crippen molar-refractivity contribution in [3.8, 4) is 0 Å². The van der Waals surface area contributed by atoms with Crippen LogP contribution in [0, 0.1) is 39.4 Å². The molecule has 2 heterocycles. The lowest BCUT2D eigenvalue weighted by Crippen LogP contribution is -2.48. The first-order valence-corrected chi connectivity index (χ1v) is 16.4. The van der Waals surface area contributed by atoms with Crippen LogP contribution in [0.4, 0.5) is 0 Å². The predicted octanol–water partition coefficient (Wildman–Crippen LogP) is 4.16. The van der Waals surface area contributed by atoms with Crippen LogP contribution in [0.15, 0.2) is 23.1 Å². The van der Waals surface area contributed by atoms with Gasteiger partial charge in [0.15, 0.2) is 5.78 Å². The van der Waals surface area contributed by atoms with E-state index in [1.807, 2.05) is 20.8 Å². The number of aromatic amines is 1. The SMILES string of the molecule is CC(C)(C)[C@H](CC(=O)Cc1ccc(=O)[nH]c1)C(=O)N1C[C@]2(C[C@H]1C(=O)CC(CC1CCC1)C(=O)C(N)=O)C(C)(C)C21CCC1. The van der Waals surface area contributed by atoms with Crippen LogP contribution in [0.3, 0.4) is 0 Å². The smallest absolute Gasteiger partial charge is 0.285 e. The highest BCUT2D eigenvalue weighted by atomic mass is 16.2. The van der Waals surface area contributed by atoms with Gasteiger partial charge in [0, 0.05) is 55.3 Å². The molecule has 4 fully saturated rings. The van der Waals surface area contributed by atoms with E-state index >= 15 is 0 Å². The number of Topliss-reactive ketones (excluding diaryl/α,β-unsaturated/α-hetero) is 3. The molecule has 9 nitrogen and oxygen atoms in total. The lowest BCUT2D eigenvalue weighted by molar-refractivity contribution is -0.146. The van der Waals surface area contributed by atoms with E-state index in [1.165, 1.54) is 12.3 Å². The summed E-state index contributed by atoms with van der Waals surface area (Å²) in [5.74, 6) is -3.31. The van der Waals surface area contributed by atoms with Crippen LogP contribution < -0.4 is 11.3 Å². The molecule has 3 N–H and O–H groups in total. The second-order valence-corrected chi connectivity index (χ2v) is 15.9. The molecule has 1 aromatic heterocycles. The van der Waals surface area contributed by atoms with Crippen molar-refractivity contribution in [3.05, 3.63) is 34.2 Å². The molecule has 3 aliphatic carbocycles. The Morgan fingerprint density at radius 3 is 2.18 bits per heavy atom. The van der Waals surface area contributed by atoms with Crippen molar-refractivity contribution in [3.63, 3.8) is 0 Å². The molecule has 2 amide bonds. The van der Waals surface area contributed by atoms with Crippen molar-refractivity contribution in [2.24, 2.45) is 45.1 Å². The molecule has 0 radical (unpaired) electrons. The van der Waals surface area contributed by atoms with Crippen LogP contribution >= 0.6 is 0 Å². The van der Waals surface area contributed by atoms with Gasteiger partial charge < -0.3 is 15.6 Å². The average molecular weight is 608 g/mol. The first-order chi connectivity index (χ1) is 20.5. The van der Waals surface area contributed by atoms with E-state index in [1.54, 1.807) is 11.0 Å². The van der Waals surface area contributed by atoms with E-state index in [-0.39, 0.29) is 58.5 Å². The Kier molecular flexibility index (Phi) is 8.34. The van der Waals surface area contributed by atoms with Crippen LogP contribution in [0.1, 0.15) is 104 Å². The highest BCUT2D eigenvalue weighted by Crippen LogP contribution is 2.88. The Bertz CT molecular complexity index is 1390. The number of primary amides is 1. The minimum atomic E-state index is -1.01. The van der Waals surface area contributed by atoms with Crippen molar-refractivity contribution in [1.29, 1.82) is 0 Å². The molecule has 44 heavy (non-hydrogen) atoms. The van der Waals surface area contributed by atoms with Gasteiger partial charge in [0.25, 0.3) is 5.91 Å². The molecule has 2 spiro atoms. The predicted molar refractivity (Wildman–Crippen MR) is 165 cm³/mol. The minimum Gasteiger partial charge on any atom is -0.363 e. The Morgan fingerprint density at radius 1 is 1.02 bits per heavy atom. The van der Waals surface area contributed by atoms with Crippen molar-refractivity contribution < 1.29 is 24.0 Å². The summed E-state index contributed by atoms with van der Waals surface area (Å²) in [4.78, 5) is 82.7. The van der Waals surface area contributed by atoms with Gasteiger partial charge in [0.05, 0.1) is 6.04 Å². The summed E-state index contributed by atoms with van der Waals surface area (Å²) in [7, 11) is 0. The molecule has 4 atom stereocenters. The lowest BCUT2D eigenvalue weighted by Gasteiger charge is -2.35. The Balaban J connectivity index is 1.41. The zero-order valence-electron chi connectivity index (χ0n) is 27.0. The molecular formula is C35H49N3O6. The fourth-order valence-electron chi connectivity index (χ4n) is 9.16. The molecule has 1 saturated heterocycles. The number of nitrogens with one attached hydrogen (secondary N) is 1. The van der Waals surface area contributed by atoms with Crippen LogP contribution in [0.5, 0.6) is 0 Å². The maximum atomic E-state index is 14.6. The number of carbonyl (C=O) groups is 5. The topological polar surface area (TPSA) is 147 Å². The number of hydrogen-bond donors (Lipinski definition) is 2. The van der Waals surface area contributed by atoms with Gasteiger partial charge in [-0.1, -0.05) is 66.4 Å². The molecule has 1 unspecified atom stereocenters. The third-order valence-corrected chi connectivity index (χ3v) is 12.4. The van der Waals surface area contributed by atoms with Gasteiger partial charge in [0.2, 0.25) is 17.2 Å². The molecule has 3 saturated carbocycles. The number of nitrogens with zero attached hydrogens (tertiary/aromatic N) is 1. The minimum absolute atomic E-state index is 0.0187. The second-order valence-electron chi connectivity index (χ2n) is 15.9. The highest BCUT2D eigenvalue weighted by molar-refractivity contribution is 6.36.